The van der Waals surface area contributed by atoms with E-state index in [1.165, 1.54) is 7.11 Å². The van der Waals surface area contributed by atoms with E-state index in [0.717, 1.165) is 0 Å². The van der Waals surface area contributed by atoms with Crippen molar-refractivity contribution in [3.63, 3.8) is 0 Å². The fraction of sp³-hybridized carbons (Fsp3) is 0.176. The Labute approximate surface area is 134 Å². The van der Waals surface area contributed by atoms with Gasteiger partial charge in [-0.3, -0.25) is 0 Å². The van der Waals surface area contributed by atoms with E-state index >= 15 is 0 Å². The minimum atomic E-state index is -0.485. The van der Waals surface area contributed by atoms with Crippen molar-refractivity contribution in [2.75, 3.05) is 24.4 Å². The fourth-order valence-corrected chi connectivity index (χ4v) is 2.00. The lowest BCUT2D eigenvalue weighted by Gasteiger charge is -2.13. The van der Waals surface area contributed by atoms with E-state index in [2.05, 4.69) is 10.6 Å². The summed E-state index contributed by atoms with van der Waals surface area (Å²) in [4.78, 5) is 24.0. The van der Waals surface area contributed by atoms with Gasteiger partial charge in [0, 0.05) is 0 Å². The van der Waals surface area contributed by atoms with Crippen molar-refractivity contribution < 1.29 is 19.1 Å². The molecule has 0 saturated carbocycles. The van der Waals surface area contributed by atoms with E-state index in [9.17, 15) is 9.59 Å². The zero-order valence-electron chi connectivity index (χ0n) is 13.0. The summed E-state index contributed by atoms with van der Waals surface area (Å²) in [5, 5.41) is 5.32. The molecule has 0 unspecified atom stereocenters. The maximum absolute atomic E-state index is 12.2. The Hall–Kier alpha value is -3.02. The van der Waals surface area contributed by atoms with Crippen molar-refractivity contribution >= 4 is 23.4 Å². The third kappa shape index (κ3) is 4.23. The molecule has 0 fully saturated rings. The van der Waals surface area contributed by atoms with Crippen LogP contribution in [0, 0.1) is 0 Å². The zero-order chi connectivity index (χ0) is 16.7. The summed E-state index contributed by atoms with van der Waals surface area (Å²) < 4.78 is 10.1. The lowest BCUT2D eigenvalue weighted by Crippen LogP contribution is -2.21. The average Bonchev–Trinajstić information content (AvgIpc) is 2.56. The van der Waals surface area contributed by atoms with Crippen LogP contribution < -0.4 is 15.4 Å². The second-order valence-electron chi connectivity index (χ2n) is 4.55. The molecule has 2 amide bonds. The Morgan fingerprint density at radius 3 is 2.26 bits per heavy atom. The molecule has 0 heterocycles. The maximum Gasteiger partial charge on any atom is 0.340 e. The molecule has 0 aliphatic carbocycles. The number of carbonyl (C=O) groups excluding carboxylic acids is 2. The summed E-state index contributed by atoms with van der Waals surface area (Å²) in [6.07, 6.45) is 0. The summed E-state index contributed by atoms with van der Waals surface area (Å²) in [6, 6.07) is 13.2. The van der Waals surface area contributed by atoms with Gasteiger partial charge in [-0.05, 0) is 31.2 Å². The maximum atomic E-state index is 12.2. The highest BCUT2D eigenvalue weighted by molar-refractivity contribution is 6.05. The first-order chi connectivity index (χ1) is 11.2. The van der Waals surface area contributed by atoms with Crippen molar-refractivity contribution in [1.82, 2.24) is 0 Å². The molecular formula is C17H18N2O4. The minimum Gasteiger partial charge on any atom is -0.495 e. The summed E-state index contributed by atoms with van der Waals surface area (Å²) in [5.41, 5.74) is 1.20. The molecular weight excluding hydrogens is 296 g/mol. The quantitative estimate of drug-likeness (QED) is 0.828. The van der Waals surface area contributed by atoms with Crippen LogP contribution in [0.1, 0.15) is 17.3 Å². The van der Waals surface area contributed by atoms with Gasteiger partial charge < -0.3 is 20.1 Å². The van der Waals surface area contributed by atoms with Gasteiger partial charge in [-0.2, -0.15) is 0 Å². The Balaban J connectivity index is 2.13. The third-order valence-corrected chi connectivity index (χ3v) is 3.03. The van der Waals surface area contributed by atoms with Crippen LogP contribution in [0.15, 0.2) is 48.5 Å². The van der Waals surface area contributed by atoms with E-state index in [4.69, 9.17) is 9.47 Å². The number of rotatable bonds is 5. The van der Waals surface area contributed by atoms with Gasteiger partial charge in [-0.1, -0.05) is 24.3 Å². The molecule has 23 heavy (non-hydrogen) atoms. The molecule has 6 nitrogen and oxygen atoms in total. The number of ether oxygens (including phenoxy) is 2. The molecule has 2 aromatic carbocycles. The second kappa shape index (κ2) is 7.84. The molecule has 0 bridgehead atoms. The fourth-order valence-electron chi connectivity index (χ4n) is 2.00. The smallest absolute Gasteiger partial charge is 0.340 e. The average molecular weight is 314 g/mol. The standard InChI is InChI=1S/C17H18N2O4/c1-3-23-16(20)12-8-4-5-9-13(12)18-17(21)19-14-10-6-7-11-15(14)22-2/h4-11H,3H2,1-2H3,(H2,18,19,21). The lowest BCUT2D eigenvalue weighted by molar-refractivity contribution is 0.0527. The van der Waals surface area contributed by atoms with Gasteiger partial charge in [0.15, 0.2) is 0 Å². The first kappa shape index (κ1) is 16.4. The van der Waals surface area contributed by atoms with E-state index in [1.54, 1.807) is 55.5 Å². The molecule has 0 radical (unpaired) electrons. The number of anilines is 2. The van der Waals surface area contributed by atoms with E-state index in [0.29, 0.717) is 22.7 Å². The van der Waals surface area contributed by atoms with E-state index in [1.807, 2.05) is 0 Å². The first-order valence-corrected chi connectivity index (χ1v) is 7.13. The van der Waals surface area contributed by atoms with Crippen LogP contribution in [0.2, 0.25) is 0 Å². The third-order valence-electron chi connectivity index (χ3n) is 3.03. The van der Waals surface area contributed by atoms with Crippen LogP contribution in [0.5, 0.6) is 5.75 Å². The van der Waals surface area contributed by atoms with Crippen molar-refractivity contribution in [2.24, 2.45) is 0 Å². The zero-order valence-corrected chi connectivity index (χ0v) is 13.0. The van der Waals surface area contributed by atoms with Gasteiger partial charge in [0.25, 0.3) is 0 Å². The van der Waals surface area contributed by atoms with Gasteiger partial charge >= 0.3 is 12.0 Å². The van der Waals surface area contributed by atoms with Crippen molar-refractivity contribution in [2.45, 2.75) is 6.92 Å². The number of hydrogen-bond donors (Lipinski definition) is 2. The number of nitrogens with one attached hydrogen (secondary N) is 2. The second-order valence-corrected chi connectivity index (χ2v) is 4.55. The number of methoxy groups -OCH3 is 1. The van der Waals surface area contributed by atoms with Crippen LogP contribution in [0.25, 0.3) is 0 Å². The molecule has 0 saturated heterocycles. The van der Waals surface area contributed by atoms with Gasteiger partial charge in [-0.25, -0.2) is 9.59 Å². The monoisotopic (exact) mass is 314 g/mol. The highest BCUT2D eigenvalue weighted by Gasteiger charge is 2.14. The number of benzene rings is 2. The molecule has 0 aliphatic rings. The summed E-state index contributed by atoms with van der Waals surface area (Å²) >= 11 is 0. The topological polar surface area (TPSA) is 76.7 Å². The highest BCUT2D eigenvalue weighted by Crippen LogP contribution is 2.23. The summed E-state index contributed by atoms with van der Waals surface area (Å²) in [7, 11) is 1.52. The Morgan fingerprint density at radius 1 is 0.957 bits per heavy atom. The van der Waals surface area contributed by atoms with Crippen molar-refractivity contribution in [1.29, 1.82) is 0 Å². The Bertz CT molecular complexity index is 700. The number of amides is 2. The number of esters is 1. The molecule has 0 aliphatic heterocycles. The van der Waals surface area contributed by atoms with Crippen LogP contribution in [-0.4, -0.2) is 25.7 Å². The molecule has 0 atom stereocenters. The first-order valence-electron chi connectivity index (χ1n) is 7.13. The van der Waals surface area contributed by atoms with Gasteiger partial charge in [-0.15, -0.1) is 0 Å². The molecule has 2 N–H and O–H groups in total. The Kier molecular flexibility index (Phi) is 5.57. The van der Waals surface area contributed by atoms with Crippen molar-refractivity contribution in [3.05, 3.63) is 54.1 Å². The molecule has 120 valence electrons. The number of carbonyl (C=O) groups is 2. The van der Waals surface area contributed by atoms with Crippen LogP contribution in [-0.2, 0) is 4.74 Å². The molecule has 6 heteroatoms. The molecule has 0 spiro atoms. The normalized spacial score (nSPS) is 9.83. The van der Waals surface area contributed by atoms with Crippen LogP contribution in [0.3, 0.4) is 0 Å². The van der Waals surface area contributed by atoms with Gasteiger partial charge in [0.1, 0.15) is 5.75 Å². The molecule has 0 aromatic heterocycles. The van der Waals surface area contributed by atoms with Gasteiger partial charge in [0.05, 0.1) is 30.7 Å². The SMILES string of the molecule is CCOC(=O)c1ccccc1NC(=O)Nc1ccccc1OC. The predicted octanol–water partition coefficient (Wildman–Crippen LogP) is 3.52. The van der Waals surface area contributed by atoms with E-state index in [-0.39, 0.29) is 6.61 Å². The molecule has 2 rings (SSSR count). The molecule has 2 aromatic rings. The number of para-hydroxylation sites is 3. The summed E-state index contributed by atoms with van der Waals surface area (Å²) in [5.74, 6) is 0.0574. The predicted molar refractivity (Wildman–Crippen MR) is 88.0 cm³/mol. The minimum absolute atomic E-state index is 0.264. The van der Waals surface area contributed by atoms with Crippen LogP contribution >= 0.6 is 0 Å². The largest absolute Gasteiger partial charge is 0.495 e. The summed E-state index contributed by atoms with van der Waals surface area (Å²) in [6.45, 7) is 1.99. The lowest BCUT2D eigenvalue weighted by atomic mass is 10.2. The van der Waals surface area contributed by atoms with E-state index < -0.39 is 12.0 Å². The van der Waals surface area contributed by atoms with Crippen LogP contribution in [0.4, 0.5) is 16.2 Å². The number of hydrogen-bond acceptors (Lipinski definition) is 4. The van der Waals surface area contributed by atoms with Gasteiger partial charge in [0.2, 0.25) is 0 Å². The Morgan fingerprint density at radius 2 is 1.57 bits per heavy atom. The number of urea groups is 1. The van der Waals surface area contributed by atoms with Crippen molar-refractivity contribution in [3.8, 4) is 5.75 Å². The highest BCUT2D eigenvalue weighted by atomic mass is 16.5.